The van der Waals surface area contributed by atoms with Crippen LogP contribution in [0.2, 0.25) is 0 Å². The molecule has 5 nitrogen and oxygen atoms in total. The van der Waals surface area contributed by atoms with E-state index in [1.54, 1.807) is 0 Å². The summed E-state index contributed by atoms with van der Waals surface area (Å²) in [5, 5.41) is 0. The van der Waals surface area contributed by atoms with Gasteiger partial charge < -0.3 is 14.2 Å². The van der Waals surface area contributed by atoms with Crippen LogP contribution in [0.4, 0.5) is 0 Å². The van der Waals surface area contributed by atoms with Gasteiger partial charge in [-0.2, -0.15) is 0 Å². The van der Waals surface area contributed by atoms with Gasteiger partial charge in [-0.3, -0.25) is 9.59 Å². The first kappa shape index (κ1) is 32.9. The van der Waals surface area contributed by atoms with Crippen molar-refractivity contribution in [2.24, 2.45) is 0 Å². The van der Waals surface area contributed by atoms with Gasteiger partial charge in [0, 0.05) is 19.4 Å². The lowest BCUT2D eigenvalue weighted by atomic mass is 10.0. The Morgan fingerprint density at radius 3 is 1.53 bits per heavy atom. The van der Waals surface area contributed by atoms with Crippen LogP contribution in [0.1, 0.15) is 149 Å². The first-order valence-corrected chi connectivity index (χ1v) is 14.6. The Labute approximate surface area is 211 Å². The van der Waals surface area contributed by atoms with Crippen molar-refractivity contribution in [3.8, 4) is 0 Å². The molecule has 0 aliphatic rings. The highest BCUT2D eigenvalue weighted by Crippen LogP contribution is 2.13. The molecule has 0 N–H and O–H groups in total. The van der Waals surface area contributed by atoms with Crippen LogP contribution in [0.25, 0.3) is 0 Å². The van der Waals surface area contributed by atoms with Gasteiger partial charge in [0.25, 0.3) is 0 Å². The van der Waals surface area contributed by atoms with E-state index < -0.39 is 6.10 Å². The normalized spacial score (nSPS) is 12.0. The van der Waals surface area contributed by atoms with Crippen LogP contribution in [0.15, 0.2) is 0 Å². The molecule has 0 radical (unpaired) electrons. The number of hydrogen-bond donors (Lipinski definition) is 0. The predicted molar refractivity (Wildman–Crippen MR) is 141 cm³/mol. The Kier molecular flexibility index (Phi) is 25.6. The quantitative estimate of drug-likeness (QED) is 0.0912. The Bertz CT molecular complexity index is 452. The first-order valence-electron chi connectivity index (χ1n) is 14.6. The largest absolute Gasteiger partial charge is 0.462 e. The van der Waals surface area contributed by atoms with Gasteiger partial charge in [-0.05, 0) is 19.3 Å². The second kappa shape index (κ2) is 26.5. The monoisotopic (exact) mass is 484 g/mol. The lowest BCUT2D eigenvalue weighted by Gasteiger charge is -2.18. The minimum atomic E-state index is -0.513. The fraction of sp³-hybridized carbons (Fsp3) is 0.931. The highest BCUT2D eigenvalue weighted by Gasteiger charge is 2.17. The summed E-state index contributed by atoms with van der Waals surface area (Å²) in [6.45, 7) is 7.47. The molecule has 0 aromatic heterocycles. The van der Waals surface area contributed by atoms with E-state index in [1.165, 1.54) is 70.6 Å². The molecule has 0 aliphatic carbocycles. The summed E-state index contributed by atoms with van der Waals surface area (Å²) in [6.07, 6.45) is 21.9. The van der Waals surface area contributed by atoms with E-state index in [4.69, 9.17) is 14.2 Å². The van der Waals surface area contributed by atoms with Crippen LogP contribution < -0.4 is 0 Å². The molecule has 0 fully saturated rings. The summed E-state index contributed by atoms with van der Waals surface area (Å²) in [5.74, 6) is -0.436. The summed E-state index contributed by atoms with van der Waals surface area (Å²) < 4.78 is 16.5. The fourth-order valence-corrected chi connectivity index (χ4v) is 3.89. The molecule has 0 spiro atoms. The van der Waals surface area contributed by atoms with E-state index in [9.17, 15) is 9.59 Å². The number of unbranched alkanes of at least 4 members (excludes halogenated alkanes) is 15. The fourth-order valence-electron chi connectivity index (χ4n) is 3.89. The summed E-state index contributed by atoms with van der Waals surface area (Å²) in [6, 6.07) is 0. The summed E-state index contributed by atoms with van der Waals surface area (Å²) >= 11 is 0. The summed E-state index contributed by atoms with van der Waals surface area (Å²) in [7, 11) is 0. The molecule has 202 valence electrons. The molecule has 0 saturated heterocycles. The molecule has 1 atom stereocenters. The smallest absolute Gasteiger partial charge is 0.306 e. The highest BCUT2D eigenvalue weighted by molar-refractivity contribution is 5.70. The molecule has 5 heteroatoms. The number of rotatable bonds is 26. The predicted octanol–water partition coefficient (Wildman–Crippen LogP) is 8.32. The maximum absolute atomic E-state index is 12.3. The number of ether oxygens (including phenoxy) is 3. The Hall–Kier alpha value is -1.10. The van der Waals surface area contributed by atoms with Gasteiger partial charge in [0.15, 0.2) is 6.10 Å². The standard InChI is InChI=1S/C29H56O5/c1-4-7-10-11-12-13-14-15-16-17-18-19-21-23-29(31)34-27(25-32-24-9-6-3)26-33-28(30)22-20-8-5-2/h27H,4-26H2,1-3H3/t27-/m1/s1. The van der Waals surface area contributed by atoms with Crippen molar-refractivity contribution in [2.75, 3.05) is 19.8 Å². The van der Waals surface area contributed by atoms with Crippen molar-refractivity contribution in [1.29, 1.82) is 0 Å². The molecule has 0 amide bonds. The number of carbonyl (C=O) groups is 2. The van der Waals surface area contributed by atoms with Gasteiger partial charge in [-0.1, -0.05) is 117 Å². The summed E-state index contributed by atoms with van der Waals surface area (Å²) in [4.78, 5) is 24.2. The van der Waals surface area contributed by atoms with E-state index in [1.807, 2.05) is 0 Å². The van der Waals surface area contributed by atoms with Crippen LogP contribution in [0, 0.1) is 0 Å². The van der Waals surface area contributed by atoms with Crippen molar-refractivity contribution < 1.29 is 23.8 Å². The van der Waals surface area contributed by atoms with E-state index in [2.05, 4.69) is 20.8 Å². The summed E-state index contributed by atoms with van der Waals surface area (Å²) in [5.41, 5.74) is 0. The van der Waals surface area contributed by atoms with Crippen molar-refractivity contribution >= 4 is 11.9 Å². The van der Waals surface area contributed by atoms with Crippen LogP contribution in [-0.2, 0) is 23.8 Å². The lowest BCUT2D eigenvalue weighted by molar-refractivity contribution is -0.163. The maximum atomic E-state index is 12.3. The van der Waals surface area contributed by atoms with Crippen molar-refractivity contribution in [2.45, 2.75) is 155 Å². The van der Waals surface area contributed by atoms with Gasteiger partial charge in [0.2, 0.25) is 0 Å². The topological polar surface area (TPSA) is 61.8 Å². The molecule has 0 aromatic carbocycles. The first-order chi connectivity index (χ1) is 16.6. The molecular formula is C29H56O5. The van der Waals surface area contributed by atoms with Gasteiger partial charge in [0.1, 0.15) is 6.61 Å². The maximum Gasteiger partial charge on any atom is 0.306 e. The third-order valence-corrected chi connectivity index (χ3v) is 6.14. The Balaban J connectivity index is 3.87. The molecule has 0 bridgehead atoms. The van der Waals surface area contributed by atoms with Gasteiger partial charge in [-0.15, -0.1) is 0 Å². The van der Waals surface area contributed by atoms with E-state index in [0.29, 0.717) is 19.4 Å². The highest BCUT2D eigenvalue weighted by atomic mass is 16.6. The van der Waals surface area contributed by atoms with Crippen molar-refractivity contribution in [3.05, 3.63) is 0 Å². The minimum absolute atomic E-state index is 0.0847. The SMILES string of the molecule is CCCCCCCCCCCCCCCC(=O)O[C@H](COCCCC)COC(=O)CCCCC. The van der Waals surface area contributed by atoms with E-state index in [-0.39, 0.29) is 25.2 Å². The lowest BCUT2D eigenvalue weighted by Crippen LogP contribution is -2.30. The molecule has 0 aliphatic heterocycles. The zero-order valence-electron chi connectivity index (χ0n) is 22.9. The average molecular weight is 485 g/mol. The molecule has 0 heterocycles. The van der Waals surface area contributed by atoms with E-state index >= 15 is 0 Å². The van der Waals surface area contributed by atoms with Gasteiger partial charge >= 0.3 is 11.9 Å². The van der Waals surface area contributed by atoms with E-state index in [0.717, 1.165) is 44.9 Å². The molecule has 0 aromatic rings. The van der Waals surface area contributed by atoms with Gasteiger partial charge in [0.05, 0.1) is 6.61 Å². The second-order valence-corrected chi connectivity index (χ2v) is 9.67. The molecular weight excluding hydrogens is 428 g/mol. The van der Waals surface area contributed by atoms with Crippen molar-refractivity contribution in [1.82, 2.24) is 0 Å². The number of hydrogen-bond acceptors (Lipinski definition) is 5. The van der Waals surface area contributed by atoms with Crippen molar-refractivity contribution in [3.63, 3.8) is 0 Å². The van der Waals surface area contributed by atoms with Crippen LogP contribution >= 0.6 is 0 Å². The van der Waals surface area contributed by atoms with Crippen LogP contribution in [0.5, 0.6) is 0 Å². The Morgan fingerprint density at radius 2 is 0.971 bits per heavy atom. The second-order valence-electron chi connectivity index (χ2n) is 9.67. The van der Waals surface area contributed by atoms with Gasteiger partial charge in [-0.25, -0.2) is 0 Å². The molecule has 0 saturated carbocycles. The zero-order valence-corrected chi connectivity index (χ0v) is 22.9. The molecule has 34 heavy (non-hydrogen) atoms. The van der Waals surface area contributed by atoms with Crippen LogP contribution in [0.3, 0.4) is 0 Å². The molecule has 0 unspecified atom stereocenters. The average Bonchev–Trinajstić information content (AvgIpc) is 2.83. The number of carbonyl (C=O) groups excluding carboxylic acids is 2. The van der Waals surface area contributed by atoms with Crippen LogP contribution in [-0.4, -0.2) is 37.9 Å². The Morgan fingerprint density at radius 1 is 0.529 bits per heavy atom. The third-order valence-electron chi connectivity index (χ3n) is 6.14. The number of esters is 2. The molecule has 0 rings (SSSR count). The minimum Gasteiger partial charge on any atom is -0.462 e. The zero-order chi connectivity index (χ0) is 25.1. The third kappa shape index (κ3) is 24.0.